The maximum Gasteiger partial charge on any atom is 2.00 e. The van der Waals surface area contributed by atoms with Gasteiger partial charge in [0.15, 0.2) is 33.8 Å². The number of carbonyl (C=O) groups is 2. The standard InChI is InChI=1S/C23H28F2N6O4S.2C2H4O2.Mg/c1-2-7-36-23-27-21(26-15-9-12(15)11-3-4-13(24)14(25)8-11)18-22(28-23)31(30-29-18)16-10-17(35-6-5-32)20(34)19(16)33;2*1-2(3)4;/h3-4,8,12,15-17,19-20,32-34H,2,5-7,9-10H2,1H3,(H,26,27,28);2*1H3,(H,3,4);/q;;;+2/p-2/t12-,15+,16+,17-,19-,20+;;;/m0.../s1. The Morgan fingerprint density at radius 3 is 2.38 bits per heavy atom. The van der Waals surface area contributed by atoms with Crippen LogP contribution in [0.4, 0.5) is 14.6 Å². The van der Waals surface area contributed by atoms with Gasteiger partial charge in [-0.1, -0.05) is 30.0 Å². The summed E-state index contributed by atoms with van der Waals surface area (Å²) in [5.74, 6) is -2.64. The van der Waals surface area contributed by atoms with Crippen LogP contribution in [0.2, 0.25) is 0 Å². The molecule has 0 aliphatic heterocycles. The minimum atomic E-state index is -1.15. The van der Waals surface area contributed by atoms with Crippen LogP contribution in [0.3, 0.4) is 0 Å². The number of hydrogen-bond donors (Lipinski definition) is 4. The molecule has 5 rings (SSSR count). The van der Waals surface area contributed by atoms with Crippen LogP contribution < -0.4 is 15.5 Å². The van der Waals surface area contributed by atoms with Gasteiger partial charge in [0.2, 0.25) is 0 Å². The molecule has 3 aromatic rings. The quantitative estimate of drug-likeness (QED) is 0.118. The molecule has 0 unspecified atom stereocenters. The Morgan fingerprint density at radius 2 is 1.78 bits per heavy atom. The predicted octanol–water partition coefficient (Wildman–Crippen LogP) is -0.855. The molecule has 0 amide bonds. The van der Waals surface area contributed by atoms with E-state index in [1.165, 1.54) is 22.5 Å². The fourth-order valence-electron chi connectivity index (χ4n) is 4.61. The summed E-state index contributed by atoms with van der Waals surface area (Å²) in [6, 6.07) is 3.26. The third-order valence-electron chi connectivity index (χ3n) is 6.56. The first-order chi connectivity index (χ1) is 20.9. The molecule has 6 atom stereocenters. The Hall–Kier alpha value is -2.74. The van der Waals surface area contributed by atoms with Crippen molar-refractivity contribution in [3.63, 3.8) is 0 Å². The number of carboxylic acids is 2. The molecule has 14 nitrogen and oxygen atoms in total. The van der Waals surface area contributed by atoms with Crippen molar-refractivity contribution in [1.82, 2.24) is 25.0 Å². The van der Waals surface area contributed by atoms with Crippen LogP contribution in [0.1, 0.15) is 57.6 Å². The van der Waals surface area contributed by atoms with Crippen LogP contribution in [-0.2, 0) is 14.3 Å². The normalized spacial score (nSPS) is 23.2. The Bertz CT molecular complexity index is 1420. The molecule has 45 heavy (non-hydrogen) atoms. The van der Waals surface area contributed by atoms with Crippen molar-refractivity contribution in [3.05, 3.63) is 35.4 Å². The van der Waals surface area contributed by atoms with Gasteiger partial charge >= 0.3 is 23.1 Å². The first-order valence-electron chi connectivity index (χ1n) is 13.8. The van der Waals surface area contributed by atoms with Crippen LogP contribution in [-0.4, -0.2) is 119 Å². The molecule has 2 aromatic heterocycles. The average Bonchev–Trinajstić information content (AvgIpc) is 3.50. The van der Waals surface area contributed by atoms with Gasteiger partial charge in [-0.2, -0.15) is 0 Å². The van der Waals surface area contributed by atoms with E-state index in [2.05, 4.69) is 32.5 Å². The smallest absolute Gasteiger partial charge is 0.550 e. The number of rotatable bonds is 10. The molecule has 2 fully saturated rings. The van der Waals surface area contributed by atoms with Crippen molar-refractivity contribution in [1.29, 1.82) is 0 Å². The van der Waals surface area contributed by atoms with Crippen molar-refractivity contribution >= 4 is 63.7 Å². The van der Waals surface area contributed by atoms with E-state index in [0.717, 1.165) is 38.5 Å². The molecule has 242 valence electrons. The molecular formula is C27H34F2MgN6O8S. The Morgan fingerprint density at radius 1 is 1.11 bits per heavy atom. The van der Waals surface area contributed by atoms with E-state index in [0.29, 0.717) is 27.7 Å². The number of fused-ring (bicyclic) bond motifs is 1. The van der Waals surface area contributed by atoms with Gasteiger partial charge in [-0.3, -0.25) is 0 Å². The van der Waals surface area contributed by atoms with Gasteiger partial charge in [0.1, 0.15) is 12.2 Å². The third kappa shape index (κ3) is 10.7. The van der Waals surface area contributed by atoms with Crippen LogP contribution in [0.25, 0.3) is 11.2 Å². The Kier molecular flexibility index (Phi) is 15.2. The number of ether oxygens (including phenoxy) is 1. The maximum absolute atomic E-state index is 13.7. The number of nitrogens with zero attached hydrogens (tertiary/aromatic N) is 5. The summed E-state index contributed by atoms with van der Waals surface area (Å²) in [7, 11) is 0. The number of thioether (sulfide) groups is 1. The van der Waals surface area contributed by atoms with E-state index in [-0.39, 0.29) is 54.6 Å². The van der Waals surface area contributed by atoms with Crippen LogP contribution in [0, 0.1) is 11.6 Å². The number of halogens is 2. The molecule has 1 aromatic carbocycles. The maximum atomic E-state index is 13.7. The van der Waals surface area contributed by atoms with Gasteiger partial charge in [-0.25, -0.2) is 23.4 Å². The Labute approximate surface area is 277 Å². The molecule has 2 aliphatic carbocycles. The number of carboxylic acid groups (broad SMARTS) is 2. The number of nitrogens with one attached hydrogen (secondary N) is 1. The zero-order chi connectivity index (χ0) is 32.6. The van der Waals surface area contributed by atoms with E-state index in [9.17, 15) is 19.0 Å². The van der Waals surface area contributed by atoms with Gasteiger partial charge in [-0.05, 0) is 44.4 Å². The zero-order valence-corrected chi connectivity index (χ0v) is 27.2. The number of benzene rings is 1. The number of aliphatic hydroxyl groups is 3. The largest absolute Gasteiger partial charge is 2.00 e. The molecular weight excluding hydrogens is 631 g/mol. The fourth-order valence-corrected chi connectivity index (χ4v) is 5.31. The minimum Gasteiger partial charge on any atom is -0.550 e. The number of carbonyl (C=O) groups excluding carboxylic acids is 2. The number of aliphatic carboxylic acids is 2. The summed E-state index contributed by atoms with van der Waals surface area (Å²) in [5, 5.41) is 60.3. The topological polar surface area (TPSA) is 219 Å². The van der Waals surface area contributed by atoms with Gasteiger partial charge in [0.05, 0.1) is 25.4 Å². The average molecular weight is 665 g/mol. The predicted molar refractivity (Wildman–Crippen MR) is 155 cm³/mol. The molecule has 2 aliphatic rings. The zero-order valence-electron chi connectivity index (χ0n) is 24.9. The van der Waals surface area contributed by atoms with E-state index >= 15 is 0 Å². The number of anilines is 1. The SMILES string of the molecule is CC(=O)[O-].CC(=O)[O-].CCCSc1nc(N[C@@H]2C[C@H]2c2ccc(F)c(F)c2)c2nnn([C@@H]3C[C@H](OCCO)[C@@H](O)[C@H]3O)c2n1.[Mg+2]. The van der Waals surface area contributed by atoms with E-state index in [1.54, 1.807) is 6.07 Å². The summed E-state index contributed by atoms with van der Waals surface area (Å²) in [6.07, 6.45) is -1.04. The molecule has 4 N–H and O–H groups in total. The van der Waals surface area contributed by atoms with E-state index in [1.807, 2.05) is 0 Å². The van der Waals surface area contributed by atoms with Gasteiger partial charge < -0.3 is 45.2 Å². The van der Waals surface area contributed by atoms with Crippen molar-refractivity contribution in [3.8, 4) is 0 Å². The molecule has 0 saturated heterocycles. The van der Waals surface area contributed by atoms with E-state index in [4.69, 9.17) is 29.6 Å². The molecule has 0 spiro atoms. The molecule has 18 heteroatoms. The summed E-state index contributed by atoms with van der Waals surface area (Å²) >= 11 is 1.48. The third-order valence-corrected chi connectivity index (χ3v) is 7.61. The summed E-state index contributed by atoms with van der Waals surface area (Å²) in [4.78, 5) is 27.0. The number of aromatic nitrogens is 5. The summed E-state index contributed by atoms with van der Waals surface area (Å²) in [5.41, 5.74) is 1.53. The van der Waals surface area contributed by atoms with Crippen LogP contribution in [0.5, 0.6) is 0 Å². The molecule has 2 heterocycles. The first kappa shape index (κ1) is 38.4. The fraction of sp³-hybridized carbons (Fsp3) is 0.556. The molecule has 0 bridgehead atoms. The van der Waals surface area contributed by atoms with Crippen molar-refractivity contribution in [2.75, 3.05) is 24.3 Å². The number of aliphatic hydroxyl groups excluding tert-OH is 3. The molecule has 2 saturated carbocycles. The summed E-state index contributed by atoms with van der Waals surface area (Å²) < 4.78 is 34.0. The monoisotopic (exact) mass is 664 g/mol. The van der Waals surface area contributed by atoms with Crippen LogP contribution in [0.15, 0.2) is 23.4 Å². The summed E-state index contributed by atoms with van der Waals surface area (Å²) in [6.45, 7) is 3.85. The van der Waals surface area contributed by atoms with E-state index < -0.39 is 47.9 Å². The Balaban J connectivity index is 0.000000704. The van der Waals surface area contributed by atoms with Crippen LogP contribution >= 0.6 is 11.8 Å². The second kappa shape index (κ2) is 17.8. The van der Waals surface area contributed by atoms with Crippen molar-refractivity contribution in [2.24, 2.45) is 0 Å². The van der Waals surface area contributed by atoms with Crippen molar-refractivity contribution < 1.29 is 48.6 Å². The molecule has 0 radical (unpaired) electrons. The second-order valence-corrected chi connectivity index (χ2v) is 11.1. The van der Waals surface area contributed by atoms with Gasteiger partial charge in [-0.15, -0.1) is 5.10 Å². The number of hydrogen-bond acceptors (Lipinski definition) is 14. The van der Waals surface area contributed by atoms with Crippen molar-refractivity contribution in [2.45, 2.75) is 81.5 Å². The van der Waals surface area contributed by atoms with Gasteiger partial charge in [0, 0.05) is 36.1 Å². The second-order valence-electron chi connectivity index (χ2n) is 10.1. The van der Waals surface area contributed by atoms with Gasteiger partial charge in [0.25, 0.3) is 0 Å². The minimum absolute atomic E-state index is 0. The first-order valence-corrected chi connectivity index (χ1v) is 14.8.